The topological polar surface area (TPSA) is 58.9 Å². The molecule has 0 aliphatic carbocycles. The van der Waals surface area contributed by atoms with E-state index in [9.17, 15) is 10.2 Å². The fourth-order valence-corrected chi connectivity index (χ4v) is 1.59. The molecule has 2 aliphatic heterocycles. The average molecular weight is 160 g/mol. The molecule has 0 aromatic rings. The molecule has 2 bridgehead atoms. The van der Waals surface area contributed by atoms with Crippen LogP contribution in [0.2, 0.25) is 0 Å². The Bertz CT molecular complexity index is 141. The van der Waals surface area contributed by atoms with Crippen LogP contribution >= 0.6 is 0 Å². The van der Waals surface area contributed by atoms with Gasteiger partial charge in [-0.05, 0) is 0 Å². The van der Waals surface area contributed by atoms with Crippen molar-refractivity contribution in [2.75, 3.05) is 6.61 Å². The van der Waals surface area contributed by atoms with Crippen LogP contribution in [0.15, 0.2) is 0 Å². The third kappa shape index (κ3) is 0.980. The lowest BCUT2D eigenvalue weighted by Crippen LogP contribution is -2.49. The zero-order valence-corrected chi connectivity index (χ0v) is 6.30. The van der Waals surface area contributed by atoms with E-state index in [-0.39, 0.29) is 12.0 Å². The van der Waals surface area contributed by atoms with E-state index in [2.05, 4.69) is 0 Å². The first-order chi connectivity index (χ1) is 5.20. The highest BCUT2D eigenvalue weighted by atomic mass is 16.7. The lowest BCUT2D eigenvalue weighted by molar-refractivity contribution is -0.210. The Balaban J connectivity index is 2.16. The molecule has 2 rings (SSSR count). The molecule has 0 aromatic carbocycles. The van der Waals surface area contributed by atoms with E-state index in [1.54, 1.807) is 0 Å². The van der Waals surface area contributed by atoms with E-state index in [0.717, 1.165) is 0 Å². The van der Waals surface area contributed by atoms with Crippen LogP contribution < -0.4 is 0 Å². The summed E-state index contributed by atoms with van der Waals surface area (Å²) >= 11 is 0. The van der Waals surface area contributed by atoms with Crippen LogP contribution in [0.3, 0.4) is 0 Å². The quantitative estimate of drug-likeness (QED) is 0.482. The van der Waals surface area contributed by atoms with Crippen molar-refractivity contribution in [3.63, 3.8) is 0 Å². The van der Waals surface area contributed by atoms with Crippen molar-refractivity contribution in [1.82, 2.24) is 0 Å². The number of rotatable bonds is 0. The fraction of sp³-hybridized carbons (Fsp3) is 1.00. The zero-order chi connectivity index (χ0) is 8.01. The van der Waals surface area contributed by atoms with Gasteiger partial charge in [0.1, 0.15) is 6.10 Å². The fourth-order valence-electron chi connectivity index (χ4n) is 1.59. The summed E-state index contributed by atoms with van der Waals surface area (Å²) in [5, 5.41) is 18.8. The summed E-state index contributed by atoms with van der Waals surface area (Å²) in [6, 6.07) is 0. The number of ether oxygens (including phenoxy) is 2. The van der Waals surface area contributed by atoms with Gasteiger partial charge in [-0.1, -0.05) is 6.92 Å². The van der Waals surface area contributed by atoms with E-state index in [0.29, 0.717) is 6.61 Å². The number of hydrogen-bond donors (Lipinski definition) is 2. The second-order valence-electron chi connectivity index (χ2n) is 3.22. The van der Waals surface area contributed by atoms with Crippen molar-refractivity contribution in [2.45, 2.75) is 31.5 Å². The van der Waals surface area contributed by atoms with E-state index in [1.165, 1.54) is 0 Å². The minimum atomic E-state index is -0.885. The molecule has 0 aromatic heterocycles. The first-order valence-corrected chi connectivity index (χ1v) is 3.83. The predicted octanol–water partition coefficient (Wildman–Crippen LogP) is -0.901. The average Bonchev–Trinajstić information content (AvgIpc) is 2.44. The number of fused-ring (bicyclic) bond motifs is 2. The molecular formula is C7H12O4. The maximum atomic E-state index is 9.42. The highest BCUT2D eigenvalue weighted by Gasteiger charge is 2.47. The van der Waals surface area contributed by atoms with Gasteiger partial charge < -0.3 is 19.7 Å². The summed E-state index contributed by atoms with van der Waals surface area (Å²) in [4.78, 5) is 0. The Kier molecular flexibility index (Phi) is 1.64. The Morgan fingerprint density at radius 3 is 2.73 bits per heavy atom. The van der Waals surface area contributed by atoms with Crippen molar-refractivity contribution >= 4 is 0 Å². The summed E-state index contributed by atoms with van der Waals surface area (Å²) < 4.78 is 10.4. The minimum Gasteiger partial charge on any atom is -0.390 e. The van der Waals surface area contributed by atoms with Gasteiger partial charge in [0.15, 0.2) is 6.29 Å². The van der Waals surface area contributed by atoms with Crippen LogP contribution in [0.25, 0.3) is 0 Å². The van der Waals surface area contributed by atoms with Crippen molar-refractivity contribution in [2.24, 2.45) is 5.92 Å². The van der Waals surface area contributed by atoms with Crippen molar-refractivity contribution in [3.8, 4) is 0 Å². The normalized spacial score (nSPS) is 56.5. The van der Waals surface area contributed by atoms with Gasteiger partial charge >= 0.3 is 0 Å². The lowest BCUT2D eigenvalue weighted by Gasteiger charge is -2.33. The molecule has 5 unspecified atom stereocenters. The highest BCUT2D eigenvalue weighted by molar-refractivity contribution is 4.90. The molecule has 0 saturated carbocycles. The summed E-state index contributed by atoms with van der Waals surface area (Å²) in [5.74, 6) is -0.0382. The van der Waals surface area contributed by atoms with Gasteiger partial charge in [-0.15, -0.1) is 0 Å². The molecule has 2 heterocycles. The van der Waals surface area contributed by atoms with Gasteiger partial charge in [0.2, 0.25) is 0 Å². The lowest BCUT2D eigenvalue weighted by atomic mass is 9.93. The molecule has 4 nitrogen and oxygen atoms in total. The Morgan fingerprint density at radius 2 is 2.00 bits per heavy atom. The maximum Gasteiger partial charge on any atom is 0.186 e. The molecule has 0 radical (unpaired) electrons. The van der Waals surface area contributed by atoms with E-state index in [1.807, 2.05) is 6.92 Å². The van der Waals surface area contributed by atoms with Crippen molar-refractivity contribution < 1.29 is 19.7 Å². The van der Waals surface area contributed by atoms with Crippen LogP contribution in [-0.4, -0.2) is 41.4 Å². The minimum absolute atomic E-state index is 0.0382. The predicted molar refractivity (Wildman–Crippen MR) is 35.8 cm³/mol. The standard InChI is InChI=1S/C7H12O4/c1-3-4-2-10-7(11-4)6(9)5(3)8/h3-9H,2H2,1H3. The van der Waals surface area contributed by atoms with E-state index in [4.69, 9.17) is 9.47 Å². The third-order valence-corrected chi connectivity index (χ3v) is 2.49. The highest BCUT2D eigenvalue weighted by Crippen LogP contribution is 2.31. The Labute approximate surface area is 64.7 Å². The largest absolute Gasteiger partial charge is 0.390 e. The maximum absolute atomic E-state index is 9.42. The Morgan fingerprint density at radius 1 is 1.27 bits per heavy atom. The molecule has 0 amide bonds. The van der Waals surface area contributed by atoms with E-state index < -0.39 is 18.5 Å². The van der Waals surface area contributed by atoms with Gasteiger partial charge in [-0.2, -0.15) is 0 Å². The van der Waals surface area contributed by atoms with Crippen LogP contribution in [0.4, 0.5) is 0 Å². The Hall–Kier alpha value is -0.160. The zero-order valence-electron chi connectivity index (χ0n) is 6.30. The number of hydrogen-bond acceptors (Lipinski definition) is 4. The molecule has 5 atom stereocenters. The van der Waals surface area contributed by atoms with Gasteiger partial charge in [0.05, 0.1) is 18.8 Å². The van der Waals surface area contributed by atoms with Gasteiger partial charge in [0, 0.05) is 5.92 Å². The summed E-state index contributed by atoms with van der Waals surface area (Å²) in [6.45, 7) is 2.34. The second kappa shape index (κ2) is 2.42. The summed E-state index contributed by atoms with van der Waals surface area (Å²) in [7, 11) is 0. The smallest absolute Gasteiger partial charge is 0.186 e. The first-order valence-electron chi connectivity index (χ1n) is 3.83. The van der Waals surface area contributed by atoms with Gasteiger partial charge in [-0.3, -0.25) is 0 Å². The molecule has 2 aliphatic rings. The second-order valence-corrected chi connectivity index (χ2v) is 3.22. The van der Waals surface area contributed by atoms with Crippen LogP contribution in [-0.2, 0) is 9.47 Å². The molecule has 2 N–H and O–H groups in total. The molecule has 2 fully saturated rings. The monoisotopic (exact) mass is 160 g/mol. The molecule has 0 spiro atoms. The van der Waals surface area contributed by atoms with Crippen LogP contribution in [0.5, 0.6) is 0 Å². The SMILES string of the molecule is CC1C2COC(O2)C(O)C1O. The van der Waals surface area contributed by atoms with Crippen molar-refractivity contribution in [1.29, 1.82) is 0 Å². The molecule has 2 saturated heterocycles. The van der Waals surface area contributed by atoms with Crippen LogP contribution in [0, 0.1) is 5.92 Å². The molecule has 11 heavy (non-hydrogen) atoms. The van der Waals surface area contributed by atoms with Crippen molar-refractivity contribution in [3.05, 3.63) is 0 Å². The molecule has 4 heteroatoms. The first kappa shape index (κ1) is 7.49. The molecule has 64 valence electrons. The van der Waals surface area contributed by atoms with Gasteiger partial charge in [0.25, 0.3) is 0 Å². The van der Waals surface area contributed by atoms with E-state index >= 15 is 0 Å². The summed E-state index contributed by atoms with van der Waals surface area (Å²) in [5.41, 5.74) is 0. The van der Waals surface area contributed by atoms with Crippen LogP contribution in [0.1, 0.15) is 6.92 Å². The van der Waals surface area contributed by atoms with Gasteiger partial charge in [-0.25, -0.2) is 0 Å². The molecular weight excluding hydrogens is 148 g/mol. The number of aliphatic hydroxyl groups excluding tert-OH is 2. The summed E-state index contributed by atoms with van der Waals surface area (Å²) in [6.07, 6.45) is -2.24. The number of aliphatic hydroxyl groups is 2. The third-order valence-electron chi connectivity index (χ3n) is 2.49.